The van der Waals surface area contributed by atoms with Gasteiger partial charge < -0.3 is 5.73 Å². The molecule has 15 heavy (non-hydrogen) atoms. The molecule has 1 rings (SSSR count). The maximum atomic E-state index is 10.4. The van der Waals surface area contributed by atoms with Gasteiger partial charge in [-0.2, -0.15) is 0 Å². The Labute approximate surface area is 88.6 Å². The first-order chi connectivity index (χ1) is 7.00. The third-order valence-corrected chi connectivity index (χ3v) is 2.10. The van der Waals surface area contributed by atoms with E-state index in [9.17, 15) is 10.1 Å². The van der Waals surface area contributed by atoms with Crippen molar-refractivity contribution >= 4 is 5.69 Å². The predicted octanol–water partition coefficient (Wildman–Crippen LogP) is 2.56. The van der Waals surface area contributed by atoms with Crippen LogP contribution in [0.2, 0.25) is 0 Å². The lowest BCUT2D eigenvalue weighted by Crippen LogP contribution is -2.10. The van der Waals surface area contributed by atoms with Gasteiger partial charge in [0.15, 0.2) is 0 Å². The summed E-state index contributed by atoms with van der Waals surface area (Å²) in [6, 6.07) is 6.17. The van der Waals surface area contributed by atoms with Crippen LogP contribution in [0, 0.1) is 10.1 Å². The van der Waals surface area contributed by atoms with Crippen LogP contribution in [-0.4, -0.2) is 4.92 Å². The smallest absolute Gasteiger partial charge is 0.269 e. The van der Waals surface area contributed by atoms with Crippen LogP contribution in [0.1, 0.15) is 24.9 Å². The first-order valence-corrected chi connectivity index (χ1v) is 4.65. The van der Waals surface area contributed by atoms with Crippen LogP contribution in [0.15, 0.2) is 36.4 Å². The van der Waals surface area contributed by atoms with Crippen molar-refractivity contribution in [2.75, 3.05) is 0 Å². The second kappa shape index (κ2) is 4.70. The summed E-state index contributed by atoms with van der Waals surface area (Å²) in [5.74, 6) is 0. The van der Waals surface area contributed by atoms with Gasteiger partial charge in [0.25, 0.3) is 5.69 Å². The van der Waals surface area contributed by atoms with Crippen LogP contribution in [0.4, 0.5) is 5.69 Å². The molecule has 0 unspecified atom stereocenters. The molecule has 0 radical (unpaired) electrons. The van der Waals surface area contributed by atoms with Crippen molar-refractivity contribution < 1.29 is 4.92 Å². The lowest BCUT2D eigenvalue weighted by Gasteiger charge is -2.11. The Balaban J connectivity index is 2.79. The normalized spacial score (nSPS) is 12.1. The van der Waals surface area contributed by atoms with Crippen molar-refractivity contribution in [1.29, 1.82) is 0 Å². The molecule has 0 aliphatic carbocycles. The zero-order valence-electron chi connectivity index (χ0n) is 8.64. The highest BCUT2D eigenvalue weighted by molar-refractivity contribution is 5.34. The van der Waals surface area contributed by atoms with E-state index in [4.69, 9.17) is 5.73 Å². The fraction of sp³-hybridized carbons (Fsp3) is 0.273. The summed E-state index contributed by atoms with van der Waals surface area (Å²) in [5.41, 5.74) is 7.87. The second-order valence-corrected chi connectivity index (χ2v) is 3.62. The number of nitrogens with zero attached hydrogens (tertiary/aromatic N) is 1. The summed E-state index contributed by atoms with van der Waals surface area (Å²) in [7, 11) is 0. The van der Waals surface area contributed by atoms with Gasteiger partial charge in [-0.1, -0.05) is 17.7 Å². The van der Waals surface area contributed by atoms with Crippen molar-refractivity contribution in [3.63, 3.8) is 0 Å². The standard InChI is InChI=1S/C11H14N2O2/c1-8(2)7-11(12)9-3-5-10(6-4-9)13(14)15/h3-6,11H,1,7,12H2,2H3/t11-/m1/s1. The fourth-order valence-corrected chi connectivity index (χ4v) is 1.34. The minimum absolute atomic E-state index is 0.0845. The SMILES string of the molecule is C=C(C)C[C@@H](N)c1ccc([N+](=O)[O-])cc1. The van der Waals surface area contributed by atoms with Gasteiger partial charge in [0.05, 0.1) is 4.92 Å². The molecule has 0 saturated heterocycles. The molecule has 0 fully saturated rings. The Morgan fingerprint density at radius 1 is 1.53 bits per heavy atom. The van der Waals surface area contributed by atoms with Crippen molar-refractivity contribution in [2.24, 2.45) is 5.73 Å². The number of nitro benzene ring substituents is 1. The number of benzene rings is 1. The molecule has 0 aliphatic heterocycles. The maximum Gasteiger partial charge on any atom is 0.269 e. The number of hydrogen-bond donors (Lipinski definition) is 1. The van der Waals surface area contributed by atoms with Crippen molar-refractivity contribution in [1.82, 2.24) is 0 Å². The lowest BCUT2D eigenvalue weighted by atomic mass is 10.0. The molecule has 1 atom stereocenters. The molecule has 1 aromatic carbocycles. The van der Waals surface area contributed by atoms with Crippen LogP contribution in [0.3, 0.4) is 0 Å². The number of nitro groups is 1. The summed E-state index contributed by atoms with van der Waals surface area (Å²) in [6.07, 6.45) is 0.692. The minimum Gasteiger partial charge on any atom is -0.324 e. The minimum atomic E-state index is -0.423. The molecule has 0 amide bonds. The zero-order chi connectivity index (χ0) is 11.4. The second-order valence-electron chi connectivity index (χ2n) is 3.62. The van der Waals surface area contributed by atoms with Crippen LogP contribution >= 0.6 is 0 Å². The van der Waals surface area contributed by atoms with Gasteiger partial charge >= 0.3 is 0 Å². The van der Waals surface area contributed by atoms with E-state index in [1.54, 1.807) is 12.1 Å². The van der Waals surface area contributed by atoms with Gasteiger partial charge in [-0.15, -0.1) is 6.58 Å². The molecule has 0 saturated carbocycles. The molecule has 0 spiro atoms. The van der Waals surface area contributed by atoms with Crippen LogP contribution in [-0.2, 0) is 0 Å². The molecule has 4 heteroatoms. The molecule has 0 aromatic heterocycles. The van der Waals surface area contributed by atoms with Crippen LogP contribution in [0.5, 0.6) is 0 Å². The molecule has 0 heterocycles. The van der Waals surface area contributed by atoms with Gasteiger partial charge in [0.1, 0.15) is 0 Å². The van der Waals surface area contributed by atoms with E-state index in [1.807, 2.05) is 6.92 Å². The third kappa shape index (κ3) is 3.18. The first kappa shape index (κ1) is 11.4. The highest BCUT2D eigenvalue weighted by atomic mass is 16.6. The summed E-state index contributed by atoms with van der Waals surface area (Å²) >= 11 is 0. The molecular formula is C11H14N2O2. The van der Waals surface area contributed by atoms with E-state index in [0.29, 0.717) is 6.42 Å². The van der Waals surface area contributed by atoms with Crippen LogP contribution < -0.4 is 5.73 Å². The van der Waals surface area contributed by atoms with E-state index in [2.05, 4.69) is 6.58 Å². The fourth-order valence-electron chi connectivity index (χ4n) is 1.34. The Bertz CT molecular complexity index is 371. The Hall–Kier alpha value is -1.68. The zero-order valence-corrected chi connectivity index (χ0v) is 8.64. The maximum absolute atomic E-state index is 10.4. The quantitative estimate of drug-likeness (QED) is 0.467. The summed E-state index contributed by atoms with van der Waals surface area (Å²) in [5, 5.41) is 10.4. The molecule has 0 bridgehead atoms. The summed E-state index contributed by atoms with van der Waals surface area (Å²) in [4.78, 5) is 10.00. The van der Waals surface area contributed by atoms with E-state index >= 15 is 0 Å². The highest BCUT2D eigenvalue weighted by Crippen LogP contribution is 2.20. The van der Waals surface area contributed by atoms with Crippen molar-refractivity contribution in [3.05, 3.63) is 52.1 Å². The van der Waals surface area contributed by atoms with Crippen LogP contribution in [0.25, 0.3) is 0 Å². The molecule has 4 nitrogen and oxygen atoms in total. The molecule has 0 aliphatic rings. The Kier molecular flexibility index (Phi) is 3.57. The number of rotatable bonds is 4. The predicted molar refractivity (Wildman–Crippen MR) is 59.5 cm³/mol. The Morgan fingerprint density at radius 3 is 2.47 bits per heavy atom. The first-order valence-electron chi connectivity index (χ1n) is 4.65. The number of non-ortho nitro benzene ring substituents is 1. The van der Waals surface area contributed by atoms with E-state index < -0.39 is 4.92 Å². The van der Waals surface area contributed by atoms with Gasteiger partial charge in [-0.05, 0) is 18.9 Å². The van der Waals surface area contributed by atoms with Crippen molar-refractivity contribution in [2.45, 2.75) is 19.4 Å². The summed E-state index contributed by atoms with van der Waals surface area (Å²) < 4.78 is 0. The number of hydrogen-bond acceptors (Lipinski definition) is 3. The lowest BCUT2D eigenvalue weighted by molar-refractivity contribution is -0.384. The number of nitrogens with two attached hydrogens (primary N) is 1. The molecule has 2 N–H and O–H groups in total. The van der Waals surface area contributed by atoms with E-state index in [1.165, 1.54) is 12.1 Å². The molecule has 80 valence electrons. The third-order valence-electron chi connectivity index (χ3n) is 2.10. The van der Waals surface area contributed by atoms with Gasteiger partial charge in [-0.25, -0.2) is 0 Å². The van der Waals surface area contributed by atoms with Crippen molar-refractivity contribution in [3.8, 4) is 0 Å². The average molecular weight is 206 g/mol. The Morgan fingerprint density at radius 2 is 2.07 bits per heavy atom. The topological polar surface area (TPSA) is 69.2 Å². The van der Waals surface area contributed by atoms with E-state index in [-0.39, 0.29) is 11.7 Å². The molecular weight excluding hydrogens is 192 g/mol. The average Bonchev–Trinajstić information content (AvgIpc) is 2.17. The highest BCUT2D eigenvalue weighted by Gasteiger charge is 2.09. The van der Waals surface area contributed by atoms with Gasteiger partial charge in [-0.3, -0.25) is 10.1 Å². The van der Waals surface area contributed by atoms with Gasteiger partial charge in [0, 0.05) is 18.2 Å². The monoisotopic (exact) mass is 206 g/mol. The largest absolute Gasteiger partial charge is 0.324 e. The van der Waals surface area contributed by atoms with E-state index in [0.717, 1.165) is 11.1 Å². The van der Waals surface area contributed by atoms with Gasteiger partial charge in [0.2, 0.25) is 0 Å². The molecule has 1 aromatic rings. The summed E-state index contributed by atoms with van der Waals surface area (Å²) in [6.45, 7) is 5.69.